The minimum atomic E-state index is -0.693. The molecule has 0 aliphatic carbocycles. The predicted octanol–water partition coefficient (Wildman–Crippen LogP) is 4.14. The molecule has 0 radical (unpaired) electrons. The number of piperazine rings is 1. The van der Waals surface area contributed by atoms with E-state index in [1.807, 2.05) is 22.9 Å². The van der Waals surface area contributed by atoms with Gasteiger partial charge in [-0.2, -0.15) is 0 Å². The molecule has 1 saturated heterocycles. The van der Waals surface area contributed by atoms with E-state index in [0.29, 0.717) is 22.4 Å². The number of fused-ring (bicyclic) bond motifs is 3. The van der Waals surface area contributed by atoms with Gasteiger partial charge in [0.05, 0.1) is 23.6 Å². The summed E-state index contributed by atoms with van der Waals surface area (Å²) >= 11 is 0. The summed E-state index contributed by atoms with van der Waals surface area (Å²) in [5, 5.41) is 3.06. The van der Waals surface area contributed by atoms with E-state index in [1.165, 1.54) is 6.07 Å². The Labute approximate surface area is 209 Å². The van der Waals surface area contributed by atoms with Crippen LogP contribution in [0.4, 0.5) is 20.3 Å². The summed E-state index contributed by atoms with van der Waals surface area (Å²) in [5.41, 5.74) is 2.28. The van der Waals surface area contributed by atoms with Gasteiger partial charge in [-0.25, -0.2) is 18.7 Å². The van der Waals surface area contributed by atoms with Gasteiger partial charge in [-0.15, -0.1) is 0 Å². The molecule has 0 atom stereocenters. The Kier molecular flexibility index (Phi) is 7.04. The zero-order valence-electron chi connectivity index (χ0n) is 20.4. The lowest BCUT2D eigenvalue weighted by atomic mass is 10.1. The fourth-order valence-corrected chi connectivity index (χ4v) is 4.82. The SMILES string of the molecule is C=N/C(=C(/F)C=NCNc1ccc(N2CCN(CC)CC2)cn1)c1cc(F)c2nc3n(c2c1)CCC3. The van der Waals surface area contributed by atoms with Crippen molar-refractivity contribution in [2.24, 2.45) is 9.98 Å². The molecule has 10 heteroatoms. The second-order valence-corrected chi connectivity index (χ2v) is 8.93. The lowest BCUT2D eigenvalue weighted by Crippen LogP contribution is -2.46. The number of rotatable bonds is 8. The summed E-state index contributed by atoms with van der Waals surface area (Å²) in [5.74, 6) is 0.309. The van der Waals surface area contributed by atoms with E-state index >= 15 is 0 Å². The van der Waals surface area contributed by atoms with E-state index in [2.05, 4.69) is 48.7 Å². The van der Waals surface area contributed by atoms with Crippen molar-refractivity contribution in [3.63, 3.8) is 0 Å². The lowest BCUT2D eigenvalue weighted by Gasteiger charge is -2.35. The fraction of sp³-hybridized carbons (Fsp3) is 0.385. The second-order valence-electron chi connectivity index (χ2n) is 8.93. The van der Waals surface area contributed by atoms with Crippen LogP contribution in [0.15, 0.2) is 46.3 Å². The third-order valence-corrected chi connectivity index (χ3v) is 6.82. The van der Waals surface area contributed by atoms with Crippen molar-refractivity contribution >= 4 is 41.2 Å². The first-order valence-electron chi connectivity index (χ1n) is 12.3. The molecule has 0 amide bonds. The van der Waals surface area contributed by atoms with Crippen LogP contribution in [-0.4, -0.2) is 71.8 Å². The highest BCUT2D eigenvalue weighted by molar-refractivity contribution is 5.91. The third-order valence-electron chi connectivity index (χ3n) is 6.82. The Hall–Kier alpha value is -3.66. The average Bonchev–Trinajstić information content (AvgIpc) is 3.50. The number of halogens is 2. The molecule has 0 bridgehead atoms. The smallest absolute Gasteiger partial charge is 0.167 e. The molecule has 1 N–H and O–H groups in total. The van der Waals surface area contributed by atoms with Crippen molar-refractivity contribution in [1.29, 1.82) is 0 Å². The highest BCUT2D eigenvalue weighted by atomic mass is 19.1. The number of nitrogens with zero attached hydrogens (tertiary/aromatic N) is 7. The molecular formula is C26H30F2N8. The van der Waals surface area contributed by atoms with Gasteiger partial charge in [0.25, 0.3) is 0 Å². The number of likely N-dealkylation sites (N-methyl/N-ethyl adjacent to an activating group) is 1. The van der Waals surface area contributed by atoms with Gasteiger partial charge in [0.1, 0.15) is 29.5 Å². The number of anilines is 2. The van der Waals surface area contributed by atoms with Crippen LogP contribution in [0.3, 0.4) is 0 Å². The van der Waals surface area contributed by atoms with E-state index in [4.69, 9.17) is 0 Å². The molecule has 0 saturated carbocycles. The van der Waals surface area contributed by atoms with Gasteiger partial charge in [0.2, 0.25) is 0 Å². The van der Waals surface area contributed by atoms with Crippen LogP contribution in [-0.2, 0) is 13.0 Å². The molecule has 3 aromatic rings. The lowest BCUT2D eigenvalue weighted by molar-refractivity contribution is 0.271. The first-order valence-corrected chi connectivity index (χ1v) is 12.3. The van der Waals surface area contributed by atoms with Crippen LogP contribution in [0, 0.1) is 5.82 Å². The Morgan fingerprint density at radius 2 is 2.03 bits per heavy atom. The zero-order valence-corrected chi connectivity index (χ0v) is 20.4. The molecular weight excluding hydrogens is 462 g/mol. The van der Waals surface area contributed by atoms with Gasteiger partial charge in [-0.3, -0.25) is 9.98 Å². The van der Waals surface area contributed by atoms with Gasteiger partial charge in [0, 0.05) is 44.7 Å². The van der Waals surface area contributed by atoms with Gasteiger partial charge in [0.15, 0.2) is 11.6 Å². The highest BCUT2D eigenvalue weighted by Gasteiger charge is 2.20. The number of aromatic nitrogens is 3. The Morgan fingerprint density at radius 1 is 1.19 bits per heavy atom. The number of imidazole rings is 1. The van der Waals surface area contributed by atoms with Crippen LogP contribution < -0.4 is 10.2 Å². The van der Waals surface area contributed by atoms with Crippen LogP contribution >= 0.6 is 0 Å². The molecule has 4 heterocycles. The number of aliphatic imine (C=N–C) groups is 2. The van der Waals surface area contributed by atoms with E-state index in [9.17, 15) is 8.78 Å². The van der Waals surface area contributed by atoms with E-state index in [0.717, 1.165) is 69.8 Å². The largest absolute Gasteiger partial charge is 0.368 e. The van der Waals surface area contributed by atoms with Crippen molar-refractivity contribution in [1.82, 2.24) is 19.4 Å². The van der Waals surface area contributed by atoms with Gasteiger partial charge >= 0.3 is 0 Å². The number of hydrogen-bond donors (Lipinski definition) is 1. The first kappa shape index (κ1) is 24.1. The maximum Gasteiger partial charge on any atom is 0.167 e. The van der Waals surface area contributed by atoms with Crippen LogP contribution in [0.2, 0.25) is 0 Å². The van der Waals surface area contributed by atoms with Gasteiger partial charge in [-0.1, -0.05) is 6.92 Å². The number of nitrogens with one attached hydrogen (secondary N) is 1. The maximum absolute atomic E-state index is 14.9. The molecule has 5 rings (SSSR count). The summed E-state index contributed by atoms with van der Waals surface area (Å²) in [7, 11) is 0. The highest BCUT2D eigenvalue weighted by Crippen LogP contribution is 2.30. The number of hydrogen-bond acceptors (Lipinski definition) is 7. The number of pyridine rings is 1. The minimum Gasteiger partial charge on any atom is -0.368 e. The van der Waals surface area contributed by atoms with Crippen LogP contribution in [0.1, 0.15) is 24.7 Å². The Morgan fingerprint density at radius 3 is 2.75 bits per heavy atom. The minimum absolute atomic E-state index is 0.0567. The summed E-state index contributed by atoms with van der Waals surface area (Å²) in [4.78, 5) is 21.5. The predicted molar refractivity (Wildman–Crippen MR) is 141 cm³/mol. The number of benzene rings is 1. The van der Waals surface area contributed by atoms with E-state index in [1.54, 1.807) is 6.07 Å². The molecule has 2 aromatic heterocycles. The number of aryl methyl sites for hydroxylation is 2. The summed E-state index contributed by atoms with van der Waals surface area (Å²) in [6.07, 6.45) is 4.69. The average molecular weight is 493 g/mol. The molecule has 8 nitrogen and oxygen atoms in total. The van der Waals surface area contributed by atoms with Gasteiger partial charge in [-0.05, 0) is 43.9 Å². The third kappa shape index (κ3) is 4.86. The van der Waals surface area contributed by atoms with Crippen molar-refractivity contribution in [3.8, 4) is 0 Å². The molecule has 36 heavy (non-hydrogen) atoms. The molecule has 2 aliphatic rings. The van der Waals surface area contributed by atoms with Crippen molar-refractivity contribution in [2.75, 3.05) is 49.6 Å². The summed E-state index contributed by atoms with van der Waals surface area (Å²) in [6.45, 7) is 11.7. The summed E-state index contributed by atoms with van der Waals surface area (Å²) in [6, 6.07) is 6.87. The molecule has 0 spiro atoms. The monoisotopic (exact) mass is 492 g/mol. The Balaban J connectivity index is 1.23. The second kappa shape index (κ2) is 10.5. The van der Waals surface area contributed by atoms with Crippen LogP contribution in [0.25, 0.3) is 16.7 Å². The van der Waals surface area contributed by atoms with Crippen molar-refractivity contribution < 1.29 is 8.78 Å². The quantitative estimate of drug-likeness (QED) is 0.479. The van der Waals surface area contributed by atoms with Gasteiger partial charge < -0.3 is 19.7 Å². The van der Waals surface area contributed by atoms with Crippen LogP contribution in [0.5, 0.6) is 0 Å². The first-order chi connectivity index (χ1) is 17.6. The molecule has 0 unspecified atom stereocenters. The molecule has 188 valence electrons. The molecule has 1 fully saturated rings. The molecule has 2 aliphatic heterocycles. The maximum atomic E-state index is 14.9. The topological polar surface area (TPSA) is 73.9 Å². The fourth-order valence-electron chi connectivity index (χ4n) is 4.82. The van der Waals surface area contributed by atoms with E-state index in [-0.39, 0.29) is 12.4 Å². The number of allylic oxidation sites excluding steroid dienone is 1. The van der Waals surface area contributed by atoms with Crippen molar-refractivity contribution in [2.45, 2.75) is 26.3 Å². The zero-order chi connectivity index (χ0) is 25.1. The standard InChI is InChI=1S/C26H30F2N8/c1-3-34-9-11-35(12-10-34)19-6-7-23(31-15-19)32-17-30-16-21(28)25(29-2)18-13-20(27)26-22(14-18)36-8-4-5-24(36)33-26/h6-7,13-16H,2-5,8-12,17H2,1H3,(H,31,32)/b25-21+,30-16?. The molecule has 1 aromatic carbocycles. The summed E-state index contributed by atoms with van der Waals surface area (Å²) < 4.78 is 31.6. The van der Waals surface area contributed by atoms with Crippen molar-refractivity contribution in [3.05, 3.63) is 53.5 Å². The van der Waals surface area contributed by atoms with E-state index < -0.39 is 11.6 Å². The Bertz CT molecular complexity index is 1300. The normalized spacial score (nSPS) is 17.0.